The number of hydrogen-bond acceptors (Lipinski definition) is 3. The first kappa shape index (κ1) is 17.8. The molecule has 1 aliphatic heterocycles. The number of piperidine rings is 1. The van der Waals surface area contributed by atoms with Crippen LogP contribution in [0.25, 0.3) is 0 Å². The summed E-state index contributed by atoms with van der Waals surface area (Å²) in [4.78, 5) is 14.4. The molecule has 1 heterocycles. The van der Waals surface area contributed by atoms with Crippen molar-refractivity contribution in [2.75, 3.05) is 20.2 Å². The Morgan fingerprint density at radius 1 is 1.26 bits per heavy atom. The number of likely N-dealkylation sites (tertiary alicyclic amines) is 1. The topological polar surface area (TPSA) is 55.6 Å². The molecule has 1 aromatic carbocycles. The van der Waals surface area contributed by atoms with Crippen molar-refractivity contribution in [3.63, 3.8) is 0 Å². The minimum absolute atomic E-state index is 0.0976. The Morgan fingerprint density at radius 3 is 2.30 bits per heavy atom. The lowest BCUT2D eigenvalue weighted by Gasteiger charge is -2.36. The van der Waals surface area contributed by atoms with Crippen LogP contribution in [0.5, 0.6) is 5.75 Å². The number of nitrogens with two attached hydrogens (primary N) is 1. The van der Waals surface area contributed by atoms with Gasteiger partial charge in [-0.2, -0.15) is 0 Å². The summed E-state index contributed by atoms with van der Waals surface area (Å²) in [6, 6.07) is 7.87. The molecule has 1 saturated heterocycles. The lowest BCUT2D eigenvalue weighted by molar-refractivity contribution is -0.136. The highest BCUT2D eigenvalue weighted by Crippen LogP contribution is 2.25. The maximum absolute atomic E-state index is 12.5. The van der Waals surface area contributed by atoms with Crippen LogP contribution in [0.3, 0.4) is 0 Å². The Labute approximate surface area is 140 Å². The summed E-state index contributed by atoms with van der Waals surface area (Å²) in [6.07, 6.45) is 3.17. The van der Waals surface area contributed by atoms with Gasteiger partial charge in [0.2, 0.25) is 5.91 Å². The van der Waals surface area contributed by atoms with Gasteiger partial charge in [0.15, 0.2) is 0 Å². The van der Waals surface area contributed by atoms with Crippen molar-refractivity contribution in [1.29, 1.82) is 0 Å². The van der Waals surface area contributed by atoms with Crippen LogP contribution in [0.4, 0.5) is 0 Å². The van der Waals surface area contributed by atoms with E-state index in [0.717, 1.165) is 38.1 Å². The largest absolute Gasteiger partial charge is 0.497 e. The summed E-state index contributed by atoms with van der Waals surface area (Å²) < 4.78 is 5.19. The Balaban J connectivity index is 1.84. The molecule has 23 heavy (non-hydrogen) atoms. The van der Waals surface area contributed by atoms with Gasteiger partial charge in [0.1, 0.15) is 5.75 Å². The van der Waals surface area contributed by atoms with Gasteiger partial charge in [0.25, 0.3) is 0 Å². The molecule has 0 aliphatic carbocycles. The number of methoxy groups -OCH3 is 1. The molecule has 1 aliphatic rings. The normalized spacial score (nSPS) is 17.9. The fourth-order valence-electron chi connectivity index (χ4n) is 3.02. The Kier molecular flexibility index (Phi) is 5.69. The molecule has 0 radical (unpaired) electrons. The molecule has 0 unspecified atom stereocenters. The van der Waals surface area contributed by atoms with E-state index in [1.54, 1.807) is 7.11 Å². The first-order chi connectivity index (χ1) is 10.8. The maximum Gasteiger partial charge on any atom is 0.240 e. The predicted molar refractivity (Wildman–Crippen MR) is 93.4 cm³/mol. The van der Waals surface area contributed by atoms with Gasteiger partial charge in [-0.1, -0.05) is 32.9 Å². The summed E-state index contributed by atoms with van der Waals surface area (Å²) in [6.45, 7) is 7.71. The van der Waals surface area contributed by atoms with Gasteiger partial charge in [-0.15, -0.1) is 0 Å². The van der Waals surface area contributed by atoms with Crippen molar-refractivity contribution in [3.8, 4) is 5.75 Å². The van der Waals surface area contributed by atoms with Crippen LogP contribution >= 0.6 is 0 Å². The van der Waals surface area contributed by atoms with Crippen LogP contribution in [0.2, 0.25) is 0 Å². The molecule has 1 fully saturated rings. The van der Waals surface area contributed by atoms with Crippen LogP contribution in [0.1, 0.15) is 39.2 Å². The molecule has 4 heteroatoms. The van der Waals surface area contributed by atoms with Gasteiger partial charge in [-0.3, -0.25) is 4.79 Å². The van der Waals surface area contributed by atoms with Gasteiger partial charge in [-0.25, -0.2) is 0 Å². The summed E-state index contributed by atoms with van der Waals surface area (Å²) in [5.74, 6) is 1.63. The lowest BCUT2D eigenvalue weighted by Crippen LogP contribution is -2.52. The Bertz CT molecular complexity index is 511. The Hall–Kier alpha value is -1.55. The zero-order valence-corrected chi connectivity index (χ0v) is 14.8. The molecule has 1 atom stereocenters. The Morgan fingerprint density at radius 2 is 1.83 bits per heavy atom. The summed E-state index contributed by atoms with van der Waals surface area (Å²) >= 11 is 0. The average molecular weight is 318 g/mol. The van der Waals surface area contributed by atoms with E-state index < -0.39 is 6.04 Å². The molecular weight excluding hydrogens is 288 g/mol. The molecule has 0 spiro atoms. The highest BCUT2D eigenvalue weighted by molar-refractivity contribution is 5.82. The number of carbonyl (C=O) groups excluding carboxylic acids is 1. The third-order valence-corrected chi connectivity index (χ3v) is 4.81. The van der Waals surface area contributed by atoms with E-state index in [-0.39, 0.29) is 11.3 Å². The second-order valence-corrected chi connectivity index (χ2v) is 7.66. The molecule has 1 amide bonds. The number of carbonyl (C=O) groups is 1. The summed E-state index contributed by atoms with van der Waals surface area (Å²) in [5.41, 5.74) is 7.26. The first-order valence-electron chi connectivity index (χ1n) is 8.48. The second kappa shape index (κ2) is 7.35. The number of nitrogens with zero attached hydrogens (tertiary/aromatic N) is 1. The lowest BCUT2D eigenvalue weighted by atomic mass is 9.85. The number of benzene rings is 1. The fourth-order valence-corrected chi connectivity index (χ4v) is 3.02. The van der Waals surface area contributed by atoms with E-state index in [2.05, 4.69) is 12.1 Å². The van der Waals surface area contributed by atoms with Crippen LogP contribution in [0.15, 0.2) is 24.3 Å². The minimum Gasteiger partial charge on any atom is -0.497 e. The van der Waals surface area contributed by atoms with Crippen LogP contribution in [-0.2, 0) is 11.2 Å². The molecule has 1 aromatic rings. The summed E-state index contributed by atoms with van der Waals surface area (Å²) in [5, 5.41) is 0. The number of ether oxygens (including phenoxy) is 1. The van der Waals surface area contributed by atoms with E-state index in [0.29, 0.717) is 5.92 Å². The molecular formula is C19H30N2O2. The monoisotopic (exact) mass is 318 g/mol. The molecule has 2 rings (SSSR count). The van der Waals surface area contributed by atoms with Crippen molar-refractivity contribution in [3.05, 3.63) is 29.8 Å². The molecule has 0 bridgehead atoms. The maximum atomic E-state index is 12.5. The zero-order valence-electron chi connectivity index (χ0n) is 14.8. The van der Waals surface area contributed by atoms with E-state index in [9.17, 15) is 4.79 Å². The van der Waals surface area contributed by atoms with Gasteiger partial charge < -0.3 is 15.4 Å². The van der Waals surface area contributed by atoms with E-state index >= 15 is 0 Å². The predicted octanol–water partition coefficient (Wildman–Crippen LogP) is 2.85. The fraction of sp³-hybridized carbons (Fsp3) is 0.632. The second-order valence-electron chi connectivity index (χ2n) is 7.66. The molecule has 2 N–H and O–H groups in total. The average Bonchev–Trinajstić information content (AvgIpc) is 2.54. The van der Waals surface area contributed by atoms with Crippen molar-refractivity contribution >= 4 is 5.91 Å². The van der Waals surface area contributed by atoms with Gasteiger partial charge >= 0.3 is 0 Å². The van der Waals surface area contributed by atoms with Crippen LogP contribution in [0, 0.1) is 11.3 Å². The smallest absolute Gasteiger partial charge is 0.240 e. The van der Waals surface area contributed by atoms with E-state index in [1.807, 2.05) is 37.8 Å². The van der Waals surface area contributed by atoms with Gasteiger partial charge in [0.05, 0.1) is 13.2 Å². The van der Waals surface area contributed by atoms with E-state index in [1.165, 1.54) is 5.56 Å². The van der Waals surface area contributed by atoms with Crippen LogP contribution < -0.4 is 10.5 Å². The van der Waals surface area contributed by atoms with Crippen molar-refractivity contribution in [1.82, 2.24) is 4.90 Å². The van der Waals surface area contributed by atoms with Crippen molar-refractivity contribution < 1.29 is 9.53 Å². The van der Waals surface area contributed by atoms with E-state index in [4.69, 9.17) is 10.5 Å². The third kappa shape index (κ3) is 4.71. The van der Waals surface area contributed by atoms with Gasteiger partial charge in [0, 0.05) is 13.1 Å². The first-order valence-corrected chi connectivity index (χ1v) is 8.48. The standard InChI is InChI=1S/C19H30N2O2/c1-19(2,3)17(20)18(22)21-11-9-15(10-12-21)13-14-5-7-16(23-4)8-6-14/h5-8,15,17H,9-13,20H2,1-4H3/t17-/m1/s1. The number of amides is 1. The SMILES string of the molecule is COc1ccc(CC2CCN(C(=O)[C@@H](N)C(C)(C)C)CC2)cc1. The zero-order chi connectivity index (χ0) is 17.0. The number of hydrogen-bond donors (Lipinski definition) is 1. The van der Waals surface area contributed by atoms with Crippen molar-refractivity contribution in [2.24, 2.45) is 17.1 Å². The summed E-state index contributed by atoms with van der Waals surface area (Å²) in [7, 11) is 1.68. The molecule has 0 aromatic heterocycles. The highest BCUT2D eigenvalue weighted by Gasteiger charge is 2.32. The highest BCUT2D eigenvalue weighted by atomic mass is 16.5. The van der Waals surface area contributed by atoms with Crippen molar-refractivity contribution in [2.45, 2.75) is 46.1 Å². The molecule has 4 nitrogen and oxygen atoms in total. The quantitative estimate of drug-likeness (QED) is 0.929. The molecule has 0 saturated carbocycles. The minimum atomic E-state index is -0.416. The third-order valence-electron chi connectivity index (χ3n) is 4.81. The van der Waals surface area contributed by atoms with Gasteiger partial charge in [-0.05, 0) is 48.3 Å². The number of rotatable bonds is 4. The van der Waals surface area contributed by atoms with Crippen LogP contribution in [-0.4, -0.2) is 37.0 Å². The molecule has 128 valence electrons.